The van der Waals surface area contributed by atoms with Crippen molar-refractivity contribution in [3.63, 3.8) is 0 Å². The Morgan fingerprint density at radius 2 is 2.12 bits per heavy atom. The molecule has 2 rings (SSSR count). The molecule has 0 saturated heterocycles. The Kier molecular flexibility index (Phi) is 3.60. The van der Waals surface area contributed by atoms with Crippen molar-refractivity contribution in [1.82, 2.24) is 5.32 Å². The highest BCUT2D eigenvalue weighted by molar-refractivity contribution is 7.19. The van der Waals surface area contributed by atoms with E-state index >= 15 is 0 Å². The normalized spacial score (nSPS) is 12.7. The maximum Gasteiger partial charge on any atom is 0.123 e. The number of nitrogens with one attached hydrogen (secondary N) is 1. The molecule has 90 valence electrons. The number of fused-ring (bicyclic) bond motifs is 1. The van der Waals surface area contributed by atoms with E-state index in [-0.39, 0.29) is 11.9 Å². The first-order valence-corrected chi connectivity index (χ1v) is 6.43. The minimum absolute atomic E-state index is 0.176. The molecule has 0 amide bonds. The van der Waals surface area contributed by atoms with Crippen LogP contribution in [-0.2, 0) is 0 Å². The third kappa shape index (κ3) is 2.73. The van der Waals surface area contributed by atoms with Gasteiger partial charge >= 0.3 is 0 Å². The molecule has 0 fully saturated rings. The van der Waals surface area contributed by atoms with Gasteiger partial charge in [-0.3, -0.25) is 0 Å². The molecular formula is C14H16FNS. The van der Waals surface area contributed by atoms with Gasteiger partial charge in [0.15, 0.2) is 0 Å². The van der Waals surface area contributed by atoms with E-state index in [2.05, 4.69) is 31.3 Å². The zero-order chi connectivity index (χ0) is 12.4. The zero-order valence-electron chi connectivity index (χ0n) is 10.3. The number of hydrogen-bond acceptors (Lipinski definition) is 2. The van der Waals surface area contributed by atoms with Crippen molar-refractivity contribution in [2.75, 3.05) is 7.05 Å². The highest BCUT2D eigenvalue weighted by Gasteiger charge is 2.10. The van der Waals surface area contributed by atoms with Gasteiger partial charge in [-0.2, -0.15) is 0 Å². The summed E-state index contributed by atoms with van der Waals surface area (Å²) in [5.41, 5.74) is 1.27. The lowest BCUT2D eigenvalue weighted by atomic mass is 10.1. The maximum atomic E-state index is 13.1. The molecule has 17 heavy (non-hydrogen) atoms. The smallest absolute Gasteiger partial charge is 0.123 e. The molecule has 0 aliphatic carbocycles. The highest BCUT2D eigenvalue weighted by atomic mass is 32.1. The van der Waals surface area contributed by atoms with Crippen LogP contribution in [0, 0.1) is 5.82 Å². The van der Waals surface area contributed by atoms with E-state index in [0.717, 1.165) is 10.1 Å². The molecule has 0 spiro atoms. The van der Waals surface area contributed by atoms with Crippen molar-refractivity contribution in [2.24, 2.45) is 0 Å². The van der Waals surface area contributed by atoms with Crippen molar-refractivity contribution in [3.8, 4) is 0 Å². The van der Waals surface area contributed by atoms with E-state index in [4.69, 9.17) is 0 Å². The van der Waals surface area contributed by atoms with Crippen molar-refractivity contribution in [3.05, 3.63) is 46.6 Å². The van der Waals surface area contributed by atoms with Gasteiger partial charge in [-0.25, -0.2) is 4.39 Å². The van der Waals surface area contributed by atoms with Gasteiger partial charge in [0.1, 0.15) is 5.82 Å². The summed E-state index contributed by atoms with van der Waals surface area (Å²) in [7, 11) is 1.94. The van der Waals surface area contributed by atoms with Crippen molar-refractivity contribution < 1.29 is 4.39 Å². The maximum absolute atomic E-state index is 13.1. The summed E-state index contributed by atoms with van der Waals surface area (Å²) in [4.78, 5) is 1.22. The van der Waals surface area contributed by atoms with E-state index in [1.54, 1.807) is 17.4 Å². The van der Waals surface area contributed by atoms with Crippen LogP contribution in [0.1, 0.15) is 24.8 Å². The van der Waals surface area contributed by atoms with Gasteiger partial charge in [-0.05, 0) is 50.5 Å². The van der Waals surface area contributed by atoms with E-state index < -0.39 is 0 Å². The first-order chi connectivity index (χ1) is 8.10. The Bertz CT molecular complexity index is 552. The average Bonchev–Trinajstić information content (AvgIpc) is 2.68. The predicted octanol–water partition coefficient (Wildman–Crippen LogP) is 4.27. The molecule has 0 saturated carbocycles. The number of likely N-dealkylation sites (N-methyl/N-ethyl adjacent to an activating group) is 1. The lowest BCUT2D eigenvalue weighted by molar-refractivity contribution is 0.630. The molecule has 2 aromatic rings. The van der Waals surface area contributed by atoms with Crippen LogP contribution >= 0.6 is 11.3 Å². The Morgan fingerprint density at radius 3 is 2.76 bits per heavy atom. The van der Waals surface area contributed by atoms with Crippen molar-refractivity contribution in [2.45, 2.75) is 19.9 Å². The fourth-order valence-electron chi connectivity index (χ4n) is 1.83. The van der Waals surface area contributed by atoms with Crippen LogP contribution in [0.2, 0.25) is 0 Å². The van der Waals surface area contributed by atoms with Crippen molar-refractivity contribution in [1.29, 1.82) is 0 Å². The Hall–Kier alpha value is -1.19. The molecule has 3 heteroatoms. The lowest BCUT2D eigenvalue weighted by Crippen LogP contribution is -2.12. The van der Waals surface area contributed by atoms with E-state index in [1.807, 2.05) is 13.1 Å². The fraction of sp³-hybridized carbons (Fsp3) is 0.286. The van der Waals surface area contributed by atoms with Crippen LogP contribution in [0.25, 0.3) is 10.1 Å². The average molecular weight is 249 g/mol. The number of hydrogen-bond donors (Lipinski definition) is 1. The largest absolute Gasteiger partial charge is 0.309 e. The fourth-order valence-corrected chi connectivity index (χ4v) is 2.95. The SMILES string of the molecule is CNC(C=C(C)C)c1cc2cc(F)ccc2s1. The summed E-state index contributed by atoms with van der Waals surface area (Å²) in [6.07, 6.45) is 2.18. The highest BCUT2D eigenvalue weighted by Crippen LogP contribution is 2.31. The molecule has 1 nitrogen and oxygen atoms in total. The van der Waals surface area contributed by atoms with Gasteiger partial charge in [0, 0.05) is 9.58 Å². The number of rotatable bonds is 3. The molecule has 0 aliphatic rings. The van der Waals surface area contributed by atoms with Gasteiger partial charge in [-0.1, -0.05) is 11.6 Å². The van der Waals surface area contributed by atoms with Crippen LogP contribution in [0.5, 0.6) is 0 Å². The molecule has 1 heterocycles. The molecular weight excluding hydrogens is 233 g/mol. The van der Waals surface area contributed by atoms with Crippen LogP contribution in [0.15, 0.2) is 35.9 Å². The quantitative estimate of drug-likeness (QED) is 0.801. The summed E-state index contributed by atoms with van der Waals surface area (Å²) in [6, 6.07) is 7.21. The summed E-state index contributed by atoms with van der Waals surface area (Å²) in [6.45, 7) is 4.16. The van der Waals surface area contributed by atoms with Crippen LogP contribution < -0.4 is 5.32 Å². The van der Waals surface area contributed by atoms with E-state index in [9.17, 15) is 4.39 Å². The van der Waals surface area contributed by atoms with Crippen LogP contribution in [-0.4, -0.2) is 7.05 Å². The molecule has 0 aliphatic heterocycles. The number of allylic oxidation sites excluding steroid dienone is 1. The molecule has 1 aromatic carbocycles. The Morgan fingerprint density at radius 1 is 1.35 bits per heavy atom. The Labute approximate surface area is 105 Å². The van der Waals surface area contributed by atoms with Gasteiger partial charge in [0.05, 0.1) is 6.04 Å². The predicted molar refractivity (Wildman–Crippen MR) is 73.0 cm³/mol. The van der Waals surface area contributed by atoms with Gasteiger partial charge < -0.3 is 5.32 Å². The zero-order valence-corrected chi connectivity index (χ0v) is 11.1. The standard InChI is InChI=1S/C14H16FNS/c1-9(2)6-12(16-3)14-8-10-7-11(15)4-5-13(10)17-14/h4-8,12,16H,1-3H3. The lowest BCUT2D eigenvalue weighted by Gasteiger charge is -2.09. The van der Waals surface area contributed by atoms with Crippen LogP contribution in [0.3, 0.4) is 0 Å². The monoisotopic (exact) mass is 249 g/mol. The minimum atomic E-state index is -0.176. The van der Waals surface area contributed by atoms with E-state index in [1.165, 1.54) is 16.5 Å². The molecule has 1 aromatic heterocycles. The first kappa shape index (κ1) is 12.3. The third-order valence-corrected chi connectivity index (χ3v) is 3.81. The summed E-state index contributed by atoms with van der Waals surface area (Å²) in [5, 5.41) is 4.24. The topological polar surface area (TPSA) is 12.0 Å². The summed E-state index contributed by atoms with van der Waals surface area (Å²) in [5.74, 6) is -0.176. The molecule has 1 atom stereocenters. The molecule has 0 radical (unpaired) electrons. The van der Waals surface area contributed by atoms with Crippen LogP contribution in [0.4, 0.5) is 4.39 Å². The molecule has 1 N–H and O–H groups in total. The third-order valence-electron chi connectivity index (χ3n) is 2.61. The Balaban J connectivity index is 2.44. The molecule has 1 unspecified atom stereocenters. The van der Waals surface area contributed by atoms with Gasteiger partial charge in [0.25, 0.3) is 0 Å². The summed E-state index contributed by atoms with van der Waals surface area (Å²) >= 11 is 1.71. The second-order valence-electron chi connectivity index (χ2n) is 4.34. The van der Waals surface area contributed by atoms with Gasteiger partial charge in [-0.15, -0.1) is 11.3 Å². The second kappa shape index (κ2) is 4.98. The number of thiophene rings is 1. The minimum Gasteiger partial charge on any atom is -0.309 e. The van der Waals surface area contributed by atoms with E-state index in [0.29, 0.717) is 0 Å². The number of benzene rings is 1. The number of halogens is 1. The summed E-state index contributed by atoms with van der Waals surface area (Å²) < 4.78 is 14.2. The molecule has 0 bridgehead atoms. The first-order valence-electron chi connectivity index (χ1n) is 5.61. The van der Waals surface area contributed by atoms with Gasteiger partial charge in [0.2, 0.25) is 0 Å². The van der Waals surface area contributed by atoms with Crippen molar-refractivity contribution >= 4 is 21.4 Å². The second-order valence-corrected chi connectivity index (χ2v) is 5.46.